The summed E-state index contributed by atoms with van der Waals surface area (Å²) in [7, 11) is 1.99. The summed E-state index contributed by atoms with van der Waals surface area (Å²) in [4.78, 5) is 19.9. The lowest BCUT2D eigenvalue weighted by Gasteiger charge is -2.35. The van der Waals surface area contributed by atoms with E-state index >= 15 is 0 Å². The maximum absolute atomic E-state index is 15.0. The van der Waals surface area contributed by atoms with E-state index in [1.807, 2.05) is 50.7 Å². The highest BCUT2D eigenvalue weighted by Gasteiger charge is 2.26. The molecule has 1 aromatic carbocycles. The largest absolute Gasteiger partial charge is 0.326 e. The number of rotatable bonds is 8. The topological polar surface area (TPSA) is 83.8 Å². The van der Waals surface area contributed by atoms with Crippen LogP contribution in [0.5, 0.6) is 0 Å². The van der Waals surface area contributed by atoms with Gasteiger partial charge in [0.05, 0.1) is 11.7 Å². The van der Waals surface area contributed by atoms with Gasteiger partial charge in [-0.15, -0.1) is 0 Å². The van der Waals surface area contributed by atoms with Crippen LogP contribution in [0.1, 0.15) is 57.1 Å². The molecule has 0 spiro atoms. The van der Waals surface area contributed by atoms with Gasteiger partial charge in [0.15, 0.2) is 11.6 Å². The molecule has 0 aliphatic carbocycles. The van der Waals surface area contributed by atoms with Crippen molar-refractivity contribution in [2.75, 3.05) is 32.0 Å². The van der Waals surface area contributed by atoms with Crippen molar-refractivity contribution in [2.45, 2.75) is 52.6 Å². The molecule has 3 aromatic heterocycles. The molecule has 2 N–H and O–H groups in total. The molecule has 10 heteroatoms. The second-order valence-corrected chi connectivity index (χ2v) is 10.5. The molecule has 0 unspecified atom stereocenters. The summed E-state index contributed by atoms with van der Waals surface area (Å²) in [6.07, 6.45) is 5.25. The van der Waals surface area contributed by atoms with Crippen molar-refractivity contribution in [1.82, 2.24) is 34.7 Å². The Morgan fingerprint density at radius 2 is 1.79 bits per heavy atom. The highest BCUT2D eigenvalue weighted by atomic mass is 19.1. The molecular weight excluding hydrogens is 498 g/mol. The number of fused-ring (bicyclic) bond motifs is 1. The predicted molar refractivity (Wildman–Crippen MR) is 150 cm³/mol. The van der Waals surface area contributed by atoms with Crippen LogP contribution in [-0.4, -0.2) is 56.1 Å². The van der Waals surface area contributed by atoms with Crippen LogP contribution in [0.15, 0.2) is 36.7 Å². The van der Waals surface area contributed by atoms with Crippen molar-refractivity contribution in [3.05, 3.63) is 59.7 Å². The Kier molecular flexibility index (Phi) is 7.86. The minimum atomic E-state index is -0.638. The van der Waals surface area contributed by atoms with Gasteiger partial charge in [0.2, 0.25) is 5.95 Å². The van der Waals surface area contributed by atoms with E-state index in [0.29, 0.717) is 28.6 Å². The van der Waals surface area contributed by atoms with Gasteiger partial charge in [-0.2, -0.15) is 0 Å². The third-order valence-electron chi connectivity index (χ3n) is 7.71. The summed E-state index contributed by atoms with van der Waals surface area (Å²) in [5.41, 5.74) is 2.31. The highest BCUT2D eigenvalue weighted by molar-refractivity contribution is 5.83. The Balaban J connectivity index is 1.38. The van der Waals surface area contributed by atoms with Crippen molar-refractivity contribution >= 4 is 22.8 Å². The lowest BCUT2D eigenvalue weighted by molar-refractivity contribution is 0.167. The minimum Gasteiger partial charge on any atom is -0.326 e. The normalized spacial score (nSPS) is 15.8. The lowest BCUT2D eigenvalue weighted by Crippen LogP contribution is -2.38. The third-order valence-corrected chi connectivity index (χ3v) is 7.71. The van der Waals surface area contributed by atoms with E-state index in [0.717, 1.165) is 44.2 Å². The molecule has 206 valence electrons. The number of nitrogens with zero attached hydrogens (tertiary/aromatic N) is 6. The summed E-state index contributed by atoms with van der Waals surface area (Å²) in [5.74, 6) is 0.813. The average molecular weight is 535 g/mol. The number of piperidine rings is 1. The van der Waals surface area contributed by atoms with Gasteiger partial charge in [-0.1, -0.05) is 13.0 Å². The highest BCUT2D eigenvalue weighted by Crippen LogP contribution is 2.32. The van der Waals surface area contributed by atoms with Crippen molar-refractivity contribution in [3.8, 4) is 11.3 Å². The van der Waals surface area contributed by atoms with Gasteiger partial charge >= 0.3 is 0 Å². The van der Waals surface area contributed by atoms with Crippen molar-refractivity contribution in [3.63, 3.8) is 0 Å². The van der Waals surface area contributed by atoms with Crippen LogP contribution >= 0.6 is 0 Å². The number of likely N-dealkylation sites (tertiary alicyclic amines) is 1. The molecule has 0 saturated carbocycles. The minimum absolute atomic E-state index is 0.00717. The monoisotopic (exact) mass is 534 g/mol. The van der Waals surface area contributed by atoms with Gasteiger partial charge in [-0.25, -0.2) is 28.7 Å². The zero-order valence-electron chi connectivity index (χ0n) is 23.2. The van der Waals surface area contributed by atoms with E-state index in [1.165, 1.54) is 6.07 Å². The molecule has 1 atom stereocenters. The van der Waals surface area contributed by atoms with Crippen LogP contribution in [0.4, 0.5) is 20.5 Å². The SMILES string of the molecule is CCN1CCC([C@H](NC)c2ccc(Nc3ncc(F)c(-c4cc(F)c5nc(C)n(C(C)C)c5c4)n3)nc2)CC1. The number of halogens is 2. The number of hydrogen-bond donors (Lipinski definition) is 2. The number of aryl methyl sites for hydroxylation is 1. The Labute approximate surface area is 227 Å². The smallest absolute Gasteiger partial charge is 0.229 e. The first-order valence-electron chi connectivity index (χ1n) is 13.6. The number of anilines is 2. The molecule has 4 aromatic rings. The van der Waals surface area contributed by atoms with E-state index in [1.54, 1.807) is 6.07 Å². The lowest BCUT2D eigenvalue weighted by atomic mass is 9.86. The second-order valence-electron chi connectivity index (χ2n) is 10.5. The first-order chi connectivity index (χ1) is 18.8. The first kappa shape index (κ1) is 27.1. The van der Waals surface area contributed by atoms with Gasteiger partial charge in [-0.3, -0.25) is 0 Å². The number of benzene rings is 1. The van der Waals surface area contributed by atoms with Gasteiger partial charge < -0.3 is 20.1 Å². The molecular formula is C29H36F2N8. The molecule has 39 heavy (non-hydrogen) atoms. The summed E-state index contributed by atoms with van der Waals surface area (Å²) < 4.78 is 31.8. The first-order valence-corrected chi connectivity index (χ1v) is 13.6. The number of nitrogens with one attached hydrogen (secondary N) is 2. The van der Waals surface area contributed by atoms with Crippen molar-refractivity contribution in [2.24, 2.45) is 5.92 Å². The molecule has 1 saturated heterocycles. The van der Waals surface area contributed by atoms with Gasteiger partial charge in [0.1, 0.15) is 22.9 Å². The van der Waals surface area contributed by atoms with Crippen molar-refractivity contribution in [1.29, 1.82) is 0 Å². The number of aromatic nitrogens is 5. The molecule has 0 radical (unpaired) electrons. The Morgan fingerprint density at radius 1 is 1.03 bits per heavy atom. The fraction of sp³-hybridized carbons (Fsp3) is 0.448. The number of hydrogen-bond acceptors (Lipinski definition) is 7. The Bertz CT molecular complexity index is 1440. The summed E-state index contributed by atoms with van der Waals surface area (Å²) in [6, 6.07) is 7.22. The van der Waals surface area contributed by atoms with Crippen LogP contribution in [0.2, 0.25) is 0 Å². The number of pyridine rings is 1. The van der Waals surface area contributed by atoms with Gasteiger partial charge in [0, 0.05) is 23.8 Å². The van der Waals surface area contributed by atoms with Crippen LogP contribution in [-0.2, 0) is 0 Å². The van der Waals surface area contributed by atoms with Crippen molar-refractivity contribution < 1.29 is 8.78 Å². The molecule has 0 amide bonds. The van der Waals surface area contributed by atoms with Gasteiger partial charge in [-0.05, 0) is 90.0 Å². The van der Waals surface area contributed by atoms with E-state index in [2.05, 4.69) is 42.4 Å². The molecule has 0 bridgehead atoms. The molecule has 1 aliphatic heterocycles. The molecule has 8 nitrogen and oxygen atoms in total. The summed E-state index contributed by atoms with van der Waals surface area (Å²) >= 11 is 0. The van der Waals surface area contributed by atoms with Gasteiger partial charge in [0.25, 0.3) is 0 Å². The predicted octanol–water partition coefficient (Wildman–Crippen LogP) is 5.79. The molecule has 1 fully saturated rings. The third kappa shape index (κ3) is 5.49. The molecule has 1 aliphatic rings. The van der Waals surface area contributed by atoms with Crippen LogP contribution < -0.4 is 10.6 Å². The van der Waals surface area contributed by atoms with Crippen LogP contribution in [0.25, 0.3) is 22.3 Å². The fourth-order valence-corrected chi connectivity index (χ4v) is 5.74. The Morgan fingerprint density at radius 3 is 2.44 bits per heavy atom. The second kappa shape index (κ2) is 11.3. The standard InChI is InChI=1S/C29H36F2N8/c1-6-38-11-9-19(10-12-38)26(32-5)20-7-8-25(33-15-20)36-29-34-16-23(31)27(37-29)21-13-22(30)28-24(14-21)39(17(2)3)18(4)35-28/h7-8,13-17,19,26,32H,6,9-12H2,1-5H3,(H,33,34,36,37)/t26-/m0/s1. The summed E-state index contributed by atoms with van der Waals surface area (Å²) in [6.45, 7) is 11.4. The zero-order valence-corrected chi connectivity index (χ0v) is 23.2. The van der Waals surface area contributed by atoms with E-state index in [4.69, 9.17) is 0 Å². The maximum atomic E-state index is 15.0. The molecule has 4 heterocycles. The quantitative estimate of drug-likeness (QED) is 0.296. The number of imidazole rings is 1. The molecule has 5 rings (SSSR count). The Hall–Kier alpha value is -3.50. The van der Waals surface area contributed by atoms with E-state index < -0.39 is 11.6 Å². The van der Waals surface area contributed by atoms with E-state index in [9.17, 15) is 8.78 Å². The van der Waals surface area contributed by atoms with Crippen LogP contribution in [0, 0.1) is 24.5 Å². The average Bonchev–Trinajstić information content (AvgIpc) is 3.28. The van der Waals surface area contributed by atoms with E-state index in [-0.39, 0.29) is 29.2 Å². The summed E-state index contributed by atoms with van der Waals surface area (Å²) in [5, 5.41) is 6.53. The maximum Gasteiger partial charge on any atom is 0.229 e. The zero-order chi connectivity index (χ0) is 27.7. The van der Waals surface area contributed by atoms with Crippen LogP contribution in [0.3, 0.4) is 0 Å². The fourth-order valence-electron chi connectivity index (χ4n) is 5.74.